The minimum Gasteiger partial charge on any atom is -0.444 e. The Morgan fingerprint density at radius 3 is 2.55 bits per heavy atom. The van der Waals surface area contributed by atoms with E-state index in [1.807, 2.05) is 39.8 Å². The minimum atomic E-state index is -1.23. The van der Waals surface area contributed by atoms with E-state index in [9.17, 15) is 13.8 Å². The van der Waals surface area contributed by atoms with Crippen molar-refractivity contribution in [2.75, 3.05) is 50.4 Å². The highest BCUT2D eigenvalue weighted by molar-refractivity contribution is 9.10. The molecule has 3 aromatic rings. The van der Waals surface area contributed by atoms with E-state index in [1.54, 1.807) is 23.1 Å². The number of hydrogen-bond donors (Lipinski definition) is 1. The van der Waals surface area contributed by atoms with Gasteiger partial charge in [-0.1, -0.05) is 34.5 Å². The smallest absolute Gasteiger partial charge is 0.410 e. The van der Waals surface area contributed by atoms with E-state index in [1.165, 1.54) is 11.0 Å². The molecule has 1 N–H and O–H groups in total. The molecule has 2 saturated heterocycles. The van der Waals surface area contributed by atoms with Crippen LogP contribution < -0.4 is 11.0 Å². The zero-order valence-electron chi connectivity index (χ0n) is 24.2. The quantitative estimate of drug-likeness (QED) is 0.389. The fraction of sp³-hybridized carbons (Fsp3) is 0.483. The molecule has 3 heterocycles. The van der Waals surface area contributed by atoms with E-state index in [4.69, 9.17) is 16.3 Å². The van der Waals surface area contributed by atoms with Gasteiger partial charge in [0.25, 0.3) is 5.56 Å². The molecule has 0 aliphatic carbocycles. The van der Waals surface area contributed by atoms with Gasteiger partial charge in [0.15, 0.2) is 0 Å². The van der Waals surface area contributed by atoms with Crippen molar-refractivity contribution in [3.05, 3.63) is 62.1 Å². The molecule has 10 nitrogen and oxygen atoms in total. The van der Waals surface area contributed by atoms with Gasteiger partial charge < -0.3 is 9.64 Å². The van der Waals surface area contributed by atoms with Crippen LogP contribution in [-0.4, -0.2) is 91.3 Å². The van der Waals surface area contributed by atoms with Crippen LogP contribution in [0.3, 0.4) is 0 Å². The van der Waals surface area contributed by atoms with Gasteiger partial charge >= 0.3 is 6.09 Å². The number of piperazine rings is 1. The Kier molecular flexibility index (Phi) is 9.29. The third kappa shape index (κ3) is 6.99. The van der Waals surface area contributed by atoms with Crippen LogP contribution in [0.4, 0.5) is 10.5 Å². The third-order valence-electron chi connectivity index (χ3n) is 7.45. The van der Waals surface area contributed by atoms with Crippen LogP contribution >= 0.6 is 27.5 Å². The van der Waals surface area contributed by atoms with Crippen LogP contribution in [0.5, 0.6) is 0 Å². The van der Waals surface area contributed by atoms with Crippen molar-refractivity contribution in [2.24, 2.45) is 0 Å². The average molecular weight is 680 g/mol. The van der Waals surface area contributed by atoms with Gasteiger partial charge in [0.05, 0.1) is 32.3 Å². The highest BCUT2D eigenvalue weighted by atomic mass is 79.9. The molecule has 1 atom stereocenters. The fourth-order valence-electron chi connectivity index (χ4n) is 5.15. The average Bonchev–Trinajstić information content (AvgIpc) is 2.90. The number of nitrogens with zero attached hydrogens (tertiary/aromatic N) is 5. The molecule has 5 rings (SSSR count). The maximum absolute atomic E-state index is 13.4. The van der Waals surface area contributed by atoms with E-state index in [2.05, 4.69) is 36.1 Å². The zero-order valence-corrected chi connectivity index (χ0v) is 27.4. The molecule has 2 aromatic carbocycles. The molecule has 0 bridgehead atoms. The van der Waals surface area contributed by atoms with Gasteiger partial charge in [-0.05, 0) is 56.7 Å². The summed E-state index contributed by atoms with van der Waals surface area (Å²) in [5.41, 5.74) is 4.45. The van der Waals surface area contributed by atoms with Crippen LogP contribution in [0.2, 0.25) is 5.02 Å². The number of fused-ring (bicyclic) bond motifs is 1. The van der Waals surface area contributed by atoms with E-state index in [0.29, 0.717) is 51.4 Å². The number of aromatic nitrogens is 2. The number of amides is 1. The molecular formula is C29H36BrClN6O4S. The normalized spacial score (nSPS) is 17.7. The molecule has 2 aliphatic heterocycles. The minimum absolute atomic E-state index is 0.239. The second-order valence-corrected chi connectivity index (χ2v) is 14.6. The number of carbonyl (C=O) groups excluding carboxylic acids is 1. The highest BCUT2D eigenvalue weighted by Crippen LogP contribution is 2.27. The maximum atomic E-state index is 13.4. The second kappa shape index (κ2) is 12.6. The van der Waals surface area contributed by atoms with Crippen molar-refractivity contribution in [1.82, 2.24) is 24.4 Å². The van der Waals surface area contributed by atoms with Crippen LogP contribution in [0.25, 0.3) is 10.9 Å². The van der Waals surface area contributed by atoms with Gasteiger partial charge in [-0.15, -0.1) is 0 Å². The third-order valence-corrected chi connectivity index (χ3v) is 9.79. The summed E-state index contributed by atoms with van der Waals surface area (Å²) in [6.45, 7) is 13.3. The number of benzene rings is 2. The largest absolute Gasteiger partial charge is 0.444 e. The monoisotopic (exact) mass is 678 g/mol. The molecule has 1 amide bonds. The molecule has 1 aromatic heterocycles. The number of carbonyl (C=O) groups is 1. The lowest BCUT2D eigenvalue weighted by Crippen LogP contribution is -2.64. The first kappa shape index (κ1) is 30.9. The molecule has 42 heavy (non-hydrogen) atoms. The number of ether oxygens (including phenoxy) is 1. The van der Waals surface area contributed by atoms with Crippen LogP contribution in [0.1, 0.15) is 33.3 Å². The molecule has 0 radical (unpaired) electrons. The highest BCUT2D eigenvalue weighted by Gasteiger charge is 2.38. The lowest BCUT2D eigenvalue weighted by molar-refractivity contribution is -0.0252. The zero-order chi connectivity index (χ0) is 30.2. The summed E-state index contributed by atoms with van der Waals surface area (Å²) >= 11 is 9.86. The Labute approximate surface area is 261 Å². The fourth-order valence-corrected chi connectivity index (χ4v) is 6.67. The summed E-state index contributed by atoms with van der Waals surface area (Å²) in [6, 6.07) is 9.19. The Balaban J connectivity index is 1.22. The molecule has 13 heteroatoms. The van der Waals surface area contributed by atoms with E-state index in [0.717, 1.165) is 42.8 Å². The van der Waals surface area contributed by atoms with Crippen molar-refractivity contribution in [2.45, 2.75) is 50.8 Å². The predicted octanol–water partition coefficient (Wildman–Crippen LogP) is 4.55. The summed E-state index contributed by atoms with van der Waals surface area (Å²) in [5.74, 6) is 0.444. The van der Waals surface area contributed by atoms with Gasteiger partial charge in [-0.2, -0.15) is 0 Å². The summed E-state index contributed by atoms with van der Waals surface area (Å²) in [5, 5.41) is 0.935. The second-order valence-electron chi connectivity index (χ2n) is 11.6. The van der Waals surface area contributed by atoms with Crippen molar-refractivity contribution >= 4 is 61.0 Å². The van der Waals surface area contributed by atoms with Crippen molar-refractivity contribution in [3.8, 4) is 0 Å². The number of hydrogen-bond acceptors (Lipinski definition) is 8. The van der Waals surface area contributed by atoms with Crippen LogP contribution in [0, 0.1) is 0 Å². The van der Waals surface area contributed by atoms with Crippen LogP contribution in [-0.2, 0) is 22.1 Å². The van der Waals surface area contributed by atoms with Gasteiger partial charge in [0.2, 0.25) is 0 Å². The van der Waals surface area contributed by atoms with Gasteiger partial charge in [-0.25, -0.2) is 14.5 Å². The Bertz CT molecular complexity index is 1560. The SMILES string of the molecule is CCS(=O)c1ccc(Cl)cc1Nn1cnc2cc(CN3CCN(C4CN(C(=O)OC(C)(C)C)C4)CC3)c(Br)cc2c1=O. The predicted molar refractivity (Wildman–Crippen MR) is 170 cm³/mol. The van der Waals surface area contributed by atoms with E-state index < -0.39 is 16.4 Å². The molecular weight excluding hydrogens is 644 g/mol. The van der Waals surface area contributed by atoms with Crippen molar-refractivity contribution in [3.63, 3.8) is 0 Å². The van der Waals surface area contributed by atoms with E-state index in [-0.39, 0.29) is 11.7 Å². The number of likely N-dealkylation sites (tertiary alicyclic amines) is 1. The number of rotatable bonds is 7. The maximum Gasteiger partial charge on any atom is 0.410 e. The Morgan fingerprint density at radius 1 is 1.17 bits per heavy atom. The Hall–Kier alpha value is -2.51. The lowest BCUT2D eigenvalue weighted by Gasteiger charge is -2.48. The van der Waals surface area contributed by atoms with Gasteiger partial charge in [-0.3, -0.25) is 24.2 Å². The molecule has 2 fully saturated rings. The van der Waals surface area contributed by atoms with Crippen molar-refractivity contribution in [1.29, 1.82) is 0 Å². The molecule has 0 saturated carbocycles. The van der Waals surface area contributed by atoms with E-state index >= 15 is 0 Å². The molecule has 0 spiro atoms. The number of halogens is 2. The summed E-state index contributed by atoms with van der Waals surface area (Å²) in [4.78, 5) is 37.4. The van der Waals surface area contributed by atoms with Gasteiger partial charge in [0.1, 0.15) is 11.9 Å². The Morgan fingerprint density at radius 2 is 1.88 bits per heavy atom. The lowest BCUT2D eigenvalue weighted by atomic mass is 10.1. The molecule has 2 aliphatic rings. The first-order valence-electron chi connectivity index (χ1n) is 14.0. The summed E-state index contributed by atoms with van der Waals surface area (Å²) < 4.78 is 20.1. The first-order chi connectivity index (χ1) is 19.9. The van der Waals surface area contributed by atoms with Crippen molar-refractivity contribution < 1.29 is 13.7 Å². The molecule has 1 unspecified atom stereocenters. The standard InChI is InChI=1S/C29H36BrClN6O4S/c1-5-42(40)26-7-6-20(31)13-25(26)33-37-18-32-24-12-19(23(30)14-22(24)27(37)38)15-34-8-10-35(11-9-34)21-16-36(17-21)28(39)41-29(2,3)4/h6-7,12-14,18,21,33H,5,8-11,15-17H2,1-4H3. The number of anilines is 1. The first-order valence-corrected chi connectivity index (χ1v) is 16.5. The summed E-state index contributed by atoms with van der Waals surface area (Å²) in [7, 11) is -1.23. The summed E-state index contributed by atoms with van der Waals surface area (Å²) in [6.07, 6.45) is 1.21. The van der Waals surface area contributed by atoms with Gasteiger partial charge in [0, 0.05) is 67.1 Å². The van der Waals surface area contributed by atoms with Crippen LogP contribution in [0.15, 0.2) is 50.8 Å². The molecule has 226 valence electrons. The topological polar surface area (TPSA) is 100 Å². The number of nitrogens with one attached hydrogen (secondary N) is 1.